The molecule has 0 amide bonds. The number of nitrogens with one attached hydrogen (secondary N) is 1. The highest BCUT2D eigenvalue weighted by Gasteiger charge is 2.04. The molecule has 4 rings (SSSR count). The number of hydrogen-bond acceptors (Lipinski definition) is 3. The summed E-state index contributed by atoms with van der Waals surface area (Å²) in [4.78, 5) is 1.14. The van der Waals surface area contributed by atoms with Crippen LogP contribution >= 0.6 is 11.3 Å². The van der Waals surface area contributed by atoms with Crippen LogP contribution in [0, 0.1) is 5.41 Å². The predicted octanol–water partition coefficient (Wildman–Crippen LogP) is 5.10. The summed E-state index contributed by atoms with van der Waals surface area (Å²) in [6, 6.07) is 18.0. The molecule has 0 saturated heterocycles. The van der Waals surface area contributed by atoms with Gasteiger partial charge < -0.3 is 10.2 Å². The lowest BCUT2D eigenvalue weighted by molar-refractivity contribution is 0.604. The maximum Gasteiger partial charge on any atom is 0.134 e. The van der Waals surface area contributed by atoms with E-state index in [1.807, 2.05) is 54.6 Å². The molecule has 0 radical (unpaired) electrons. The Labute approximate surface area is 137 Å². The summed E-state index contributed by atoms with van der Waals surface area (Å²) < 4.78 is 6.97. The second-order valence-electron chi connectivity index (χ2n) is 5.33. The van der Waals surface area contributed by atoms with Gasteiger partial charge in [-0.25, -0.2) is 0 Å². The Morgan fingerprint density at radius 3 is 2.70 bits per heavy atom. The number of rotatable bonds is 3. The largest absolute Gasteiger partial charge is 0.457 e. The van der Waals surface area contributed by atoms with E-state index in [0.717, 1.165) is 32.6 Å². The number of amidine groups is 1. The van der Waals surface area contributed by atoms with Crippen LogP contribution < -0.4 is 5.73 Å². The molecular weight excluding hydrogens is 304 g/mol. The molecule has 2 heterocycles. The number of para-hydroxylation sites is 1. The molecule has 0 atom stereocenters. The summed E-state index contributed by atoms with van der Waals surface area (Å²) in [7, 11) is 0. The van der Waals surface area contributed by atoms with Gasteiger partial charge in [-0.1, -0.05) is 18.2 Å². The van der Waals surface area contributed by atoms with Gasteiger partial charge in [0.1, 0.15) is 17.2 Å². The average Bonchev–Trinajstić information content (AvgIpc) is 3.14. The average molecular weight is 318 g/mol. The van der Waals surface area contributed by atoms with E-state index in [1.54, 1.807) is 11.3 Å². The number of nitrogen functional groups attached to an aromatic ring is 1. The van der Waals surface area contributed by atoms with Crippen LogP contribution in [-0.4, -0.2) is 5.84 Å². The van der Waals surface area contributed by atoms with Crippen LogP contribution in [0.25, 0.3) is 33.2 Å². The van der Waals surface area contributed by atoms with Crippen molar-refractivity contribution in [2.24, 2.45) is 5.73 Å². The Morgan fingerprint density at radius 2 is 1.87 bits per heavy atom. The molecule has 0 spiro atoms. The molecule has 0 unspecified atom stereocenters. The Bertz CT molecular complexity index is 1020. The third-order valence-electron chi connectivity index (χ3n) is 3.70. The molecule has 0 aliphatic rings. The second kappa shape index (κ2) is 5.41. The first-order valence-electron chi connectivity index (χ1n) is 7.24. The summed E-state index contributed by atoms with van der Waals surface area (Å²) in [6.07, 6.45) is 4.03. The van der Waals surface area contributed by atoms with Crippen LogP contribution in [-0.2, 0) is 0 Å². The van der Waals surface area contributed by atoms with E-state index < -0.39 is 0 Å². The smallest absolute Gasteiger partial charge is 0.134 e. The fraction of sp³-hybridized carbons (Fsp3) is 0. The minimum atomic E-state index is 0.0949. The van der Waals surface area contributed by atoms with Gasteiger partial charge in [0.2, 0.25) is 0 Å². The van der Waals surface area contributed by atoms with Crippen LogP contribution in [0.5, 0.6) is 0 Å². The molecular formula is C19H14N2OS. The Hall–Kier alpha value is -2.85. The van der Waals surface area contributed by atoms with Gasteiger partial charge in [-0.3, -0.25) is 5.41 Å². The lowest BCUT2D eigenvalue weighted by atomic mass is 10.1. The molecule has 4 heteroatoms. The van der Waals surface area contributed by atoms with Crippen molar-refractivity contribution >= 4 is 50.4 Å². The van der Waals surface area contributed by atoms with E-state index in [2.05, 4.69) is 12.1 Å². The highest BCUT2D eigenvalue weighted by atomic mass is 32.1. The molecule has 0 aliphatic carbocycles. The number of thiophene rings is 1. The summed E-state index contributed by atoms with van der Waals surface area (Å²) in [6.45, 7) is 0. The molecule has 0 fully saturated rings. The van der Waals surface area contributed by atoms with Crippen molar-refractivity contribution < 1.29 is 4.42 Å². The Kier molecular flexibility index (Phi) is 3.24. The van der Waals surface area contributed by atoms with Gasteiger partial charge in [-0.2, -0.15) is 0 Å². The number of benzene rings is 2. The first-order chi connectivity index (χ1) is 11.2. The van der Waals surface area contributed by atoms with Gasteiger partial charge in [0.25, 0.3) is 0 Å². The van der Waals surface area contributed by atoms with E-state index in [-0.39, 0.29) is 5.84 Å². The number of nitrogens with two attached hydrogens (primary N) is 1. The van der Waals surface area contributed by atoms with Crippen molar-refractivity contribution in [2.75, 3.05) is 0 Å². The van der Waals surface area contributed by atoms with Crippen molar-refractivity contribution in [3.63, 3.8) is 0 Å². The van der Waals surface area contributed by atoms with Gasteiger partial charge in [0.15, 0.2) is 0 Å². The van der Waals surface area contributed by atoms with E-state index >= 15 is 0 Å². The standard InChI is InChI=1S/C19H14N2OS/c20-19(21)13-5-8-18-14(9-13)11-16(23-18)7-6-15-10-12-3-1-2-4-17(12)22-15/h1-11H,(H3,20,21). The van der Waals surface area contributed by atoms with Gasteiger partial charge in [-0.15, -0.1) is 11.3 Å². The van der Waals surface area contributed by atoms with Crippen LogP contribution in [0.1, 0.15) is 16.2 Å². The first-order valence-corrected chi connectivity index (χ1v) is 8.05. The van der Waals surface area contributed by atoms with Crippen molar-refractivity contribution in [3.8, 4) is 0 Å². The molecule has 2 aromatic heterocycles. The molecule has 112 valence electrons. The molecule has 0 bridgehead atoms. The fourth-order valence-electron chi connectivity index (χ4n) is 2.56. The predicted molar refractivity (Wildman–Crippen MR) is 98.0 cm³/mol. The highest BCUT2D eigenvalue weighted by Crippen LogP contribution is 2.28. The van der Waals surface area contributed by atoms with E-state index in [0.29, 0.717) is 0 Å². The zero-order chi connectivity index (χ0) is 15.8. The van der Waals surface area contributed by atoms with E-state index in [1.165, 1.54) is 4.70 Å². The summed E-state index contributed by atoms with van der Waals surface area (Å²) in [5.41, 5.74) is 7.19. The molecule has 0 aliphatic heterocycles. The lowest BCUT2D eigenvalue weighted by Gasteiger charge is -1.96. The normalized spacial score (nSPS) is 11.7. The molecule has 0 saturated carbocycles. The summed E-state index contributed by atoms with van der Waals surface area (Å²) >= 11 is 1.70. The van der Waals surface area contributed by atoms with Gasteiger partial charge in [-0.05, 0) is 53.9 Å². The third kappa shape index (κ3) is 2.64. The van der Waals surface area contributed by atoms with Gasteiger partial charge >= 0.3 is 0 Å². The zero-order valence-electron chi connectivity index (χ0n) is 12.2. The van der Waals surface area contributed by atoms with Crippen molar-refractivity contribution in [1.82, 2.24) is 0 Å². The SMILES string of the molecule is N=C(N)c1ccc2sc(C=Cc3cc4ccccc4o3)cc2c1. The van der Waals surface area contributed by atoms with Crippen LogP contribution in [0.4, 0.5) is 0 Å². The summed E-state index contributed by atoms with van der Waals surface area (Å²) in [5, 5.41) is 9.73. The molecule has 23 heavy (non-hydrogen) atoms. The summed E-state index contributed by atoms with van der Waals surface area (Å²) in [5.74, 6) is 0.936. The minimum absolute atomic E-state index is 0.0949. The lowest BCUT2D eigenvalue weighted by Crippen LogP contribution is -2.10. The zero-order valence-corrected chi connectivity index (χ0v) is 13.1. The molecule has 2 aromatic carbocycles. The minimum Gasteiger partial charge on any atom is -0.457 e. The first kappa shape index (κ1) is 13.8. The third-order valence-corrected chi connectivity index (χ3v) is 4.78. The van der Waals surface area contributed by atoms with Crippen LogP contribution in [0.3, 0.4) is 0 Å². The maximum atomic E-state index is 7.52. The van der Waals surface area contributed by atoms with Gasteiger partial charge in [0.05, 0.1) is 0 Å². The highest BCUT2D eigenvalue weighted by molar-refractivity contribution is 7.19. The molecule has 3 nitrogen and oxygen atoms in total. The molecule has 4 aromatic rings. The Balaban J connectivity index is 1.67. The maximum absolute atomic E-state index is 7.52. The quantitative estimate of drug-likeness (QED) is 0.407. The van der Waals surface area contributed by atoms with Crippen LogP contribution in [0.15, 0.2) is 59.0 Å². The topological polar surface area (TPSA) is 63.0 Å². The van der Waals surface area contributed by atoms with Gasteiger partial charge in [0, 0.05) is 20.5 Å². The number of fused-ring (bicyclic) bond motifs is 2. The second-order valence-corrected chi connectivity index (χ2v) is 6.45. The fourth-order valence-corrected chi connectivity index (χ4v) is 3.51. The van der Waals surface area contributed by atoms with Crippen molar-refractivity contribution in [1.29, 1.82) is 5.41 Å². The van der Waals surface area contributed by atoms with E-state index in [4.69, 9.17) is 15.6 Å². The van der Waals surface area contributed by atoms with Crippen molar-refractivity contribution in [2.45, 2.75) is 0 Å². The van der Waals surface area contributed by atoms with Crippen molar-refractivity contribution in [3.05, 3.63) is 70.8 Å². The number of hydrogen-bond donors (Lipinski definition) is 2. The molecule has 3 N–H and O–H groups in total. The number of furan rings is 1. The van der Waals surface area contributed by atoms with Crippen LogP contribution in [0.2, 0.25) is 0 Å². The Morgan fingerprint density at radius 1 is 1.00 bits per heavy atom. The van der Waals surface area contributed by atoms with E-state index in [9.17, 15) is 0 Å². The monoisotopic (exact) mass is 318 g/mol.